The van der Waals surface area contributed by atoms with Crippen LogP contribution >= 0.6 is 31.9 Å². The number of nitrogens with one attached hydrogen (secondary N) is 1. The zero-order valence-corrected chi connectivity index (χ0v) is 26.4. The molecule has 3 rings (SSSR count). The van der Waals surface area contributed by atoms with Crippen LogP contribution in [0.4, 0.5) is 5.69 Å². The Morgan fingerprint density at radius 1 is 0.923 bits per heavy atom. The first kappa shape index (κ1) is 30.8. The summed E-state index contributed by atoms with van der Waals surface area (Å²) in [7, 11) is -4.11. The first-order valence-corrected chi connectivity index (χ1v) is 15.6. The van der Waals surface area contributed by atoms with Gasteiger partial charge in [0.1, 0.15) is 12.6 Å². The number of anilines is 1. The number of hydrogen-bond acceptors (Lipinski definition) is 4. The number of rotatable bonds is 11. The zero-order valence-electron chi connectivity index (χ0n) is 22.4. The Morgan fingerprint density at radius 3 is 2.15 bits per heavy atom. The molecule has 2 atom stereocenters. The maximum atomic E-state index is 13.9. The van der Waals surface area contributed by atoms with Gasteiger partial charge >= 0.3 is 0 Å². The number of amides is 2. The zero-order chi connectivity index (χ0) is 28.7. The fourth-order valence-corrected chi connectivity index (χ4v) is 5.89. The van der Waals surface area contributed by atoms with Crippen molar-refractivity contribution >= 4 is 59.4 Å². The van der Waals surface area contributed by atoms with Crippen LogP contribution in [0.2, 0.25) is 0 Å². The number of halogens is 2. The van der Waals surface area contributed by atoms with E-state index in [9.17, 15) is 18.0 Å². The van der Waals surface area contributed by atoms with Crippen molar-refractivity contribution in [3.8, 4) is 0 Å². The van der Waals surface area contributed by atoms with Crippen LogP contribution in [0, 0.1) is 6.92 Å². The van der Waals surface area contributed by atoms with Gasteiger partial charge in [0.2, 0.25) is 11.8 Å². The molecule has 3 aromatic carbocycles. The second kappa shape index (κ2) is 13.6. The van der Waals surface area contributed by atoms with Crippen LogP contribution in [-0.4, -0.2) is 43.8 Å². The maximum Gasteiger partial charge on any atom is 0.264 e. The van der Waals surface area contributed by atoms with Gasteiger partial charge in [0.25, 0.3) is 10.0 Å². The molecule has 0 fully saturated rings. The molecule has 10 heteroatoms. The minimum absolute atomic E-state index is 0.0651. The quantitative estimate of drug-likeness (QED) is 0.268. The van der Waals surface area contributed by atoms with E-state index in [2.05, 4.69) is 37.2 Å². The molecule has 7 nitrogen and oxygen atoms in total. The molecule has 0 aromatic heterocycles. The van der Waals surface area contributed by atoms with E-state index in [0.29, 0.717) is 10.2 Å². The minimum atomic E-state index is -4.11. The molecule has 0 heterocycles. The van der Waals surface area contributed by atoms with Crippen LogP contribution in [-0.2, 0) is 26.2 Å². The van der Waals surface area contributed by atoms with Gasteiger partial charge in [-0.2, -0.15) is 0 Å². The Labute approximate surface area is 247 Å². The second-order valence-electron chi connectivity index (χ2n) is 9.45. The predicted molar refractivity (Wildman–Crippen MR) is 162 cm³/mol. The molecule has 0 aliphatic heterocycles. The molecule has 0 saturated heterocycles. The Balaban J connectivity index is 2.02. The van der Waals surface area contributed by atoms with Crippen molar-refractivity contribution in [2.45, 2.75) is 57.6 Å². The van der Waals surface area contributed by atoms with Gasteiger partial charge in [-0.3, -0.25) is 13.9 Å². The molecule has 0 aliphatic rings. The van der Waals surface area contributed by atoms with Gasteiger partial charge in [-0.15, -0.1) is 0 Å². The first-order chi connectivity index (χ1) is 18.4. The van der Waals surface area contributed by atoms with Crippen molar-refractivity contribution in [1.29, 1.82) is 0 Å². The second-order valence-corrected chi connectivity index (χ2v) is 13.1. The summed E-state index contributed by atoms with van der Waals surface area (Å²) >= 11 is 6.83. The number of sulfonamides is 1. The Kier molecular flexibility index (Phi) is 10.7. The van der Waals surface area contributed by atoms with Gasteiger partial charge < -0.3 is 10.2 Å². The fraction of sp³-hybridized carbons (Fsp3) is 0.310. The molecule has 0 bridgehead atoms. The van der Waals surface area contributed by atoms with Crippen LogP contribution in [0.5, 0.6) is 0 Å². The SMILES string of the molecule is CC[C@@H](C)NC(=O)[C@H](C)N(Cc1ccc(Br)cc1)C(=O)CN(c1cccc(Br)c1)S(=O)(=O)c1ccc(C)cc1. The molecule has 0 radical (unpaired) electrons. The lowest BCUT2D eigenvalue weighted by atomic mass is 10.1. The summed E-state index contributed by atoms with van der Waals surface area (Å²) in [5.74, 6) is -0.800. The van der Waals surface area contributed by atoms with Gasteiger partial charge in [0.05, 0.1) is 10.6 Å². The van der Waals surface area contributed by atoms with E-state index in [1.807, 2.05) is 45.0 Å². The van der Waals surface area contributed by atoms with Crippen LogP contribution in [0.25, 0.3) is 0 Å². The van der Waals surface area contributed by atoms with Crippen molar-refractivity contribution in [3.05, 3.63) is 92.9 Å². The standard InChI is InChI=1S/C29H33Br2N3O4S/c1-5-21(3)32-29(36)22(4)33(18-23-11-13-24(30)14-12-23)28(35)19-34(26-8-6-7-25(31)17-26)39(37,38)27-15-9-20(2)10-16-27/h6-17,21-22H,5,18-19H2,1-4H3,(H,32,36)/t21-,22+/m1/s1. The molecular formula is C29H33Br2N3O4S. The highest BCUT2D eigenvalue weighted by Crippen LogP contribution is 2.27. The number of hydrogen-bond donors (Lipinski definition) is 1. The molecular weight excluding hydrogens is 646 g/mol. The first-order valence-electron chi connectivity index (χ1n) is 12.6. The van der Waals surface area contributed by atoms with Crippen LogP contribution in [0.3, 0.4) is 0 Å². The monoisotopic (exact) mass is 677 g/mol. The average molecular weight is 679 g/mol. The Hall–Kier alpha value is -2.69. The molecule has 208 valence electrons. The molecule has 0 saturated carbocycles. The van der Waals surface area contributed by atoms with Crippen molar-refractivity contribution in [2.75, 3.05) is 10.8 Å². The normalized spacial score (nSPS) is 12.9. The van der Waals surface area contributed by atoms with Crippen molar-refractivity contribution < 1.29 is 18.0 Å². The van der Waals surface area contributed by atoms with Crippen molar-refractivity contribution in [2.24, 2.45) is 0 Å². The largest absolute Gasteiger partial charge is 0.352 e. The van der Waals surface area contributed by atoms with Gasteiger partial charge in [0.15, 0.2) is 0 Å². The molecule has 3 aromatic rings. The molecule has 2 amide bonds. The number of aryl methyl sites for hydroxylation is 1. The number of nitrogens with zero attached hydrogens (tertiary/aromatic N) is 2. The predicted octanol–water partition coefficient (Wildman–Crippen LogP) is 6.05. The summed E-state index contributed by atoms with van der Waals surface area (Å²) in [4.78, 5) is 28.5. The van der Waals surface area contributed by atoms with E-state index < -0.39 is 28.5 Å². The van der Waals surface area contributed by atoms with Gasteiger partial charge in [-0.25, -0.2) is 8.42 Å². The Bertz CT molecular complexity index is 1400. The highest BCUT2D eigenvalue weighted by Gasteiger charge is 2.32. The van der Waals surface area contributed by atoms with E-state index in [0.717, 1.165) is 26.3 Å². The van der Waals surface area contributed by atoms with Crippen LogP contribution < -0.4 is 9.62 Å². The van der Waals surface area contributed by atoms with E-state index >= 15 is 0 Å². The third-order valence-corrected chi connectivity index (χ3v) is 9.23. The summed E-state index contributed by atoms with van der Waals surface area (Å²) in [6.07, 6.45) is 0.741. The van der Waals surface area contributed by atoms with E-state index in [-0.39, 0.29) is 23.4 Å². The van der Waals surface area contributed by atoms with Crippen LogP contribution in [0.15, 0.2) is 86.6 Å². The van der Waals surface area contributed by atoms with Crippen molar-refractivity contribution in [1.82, 2.24) is 10.2 Å². The van der Waals surface area contributed by atoms with E-state index in [4.69, 9.17) is 0 Å². The van der Waals surface area contributed by atoms with Crippen LogP contribution in [0.1, 0.15) is 38.3 Å². The lowest BCUT2D eigenvalue weighted by Crippen LogP contribution is -2.52. The van der Waals surface area contributed by atoms with E-state index in [1.165, 1.54) is 17.0 Å². The highest BCUT2D eigenvalue weighted by molar-refractivity contribution is 9.10. The van der Waals surface area contributed by atoms with Gasteiger partial charge in [-0.05, 0) is 75.2 Å². The minimum Gasteiger partial charge on any atom is -0.352 e. The summed E-state index contributed by atoms with van der Waals surface area (Å²) in [5, 5.41) is 2.94. The smallest absolute Gasteiger partial charge is 0.264 e. The molecule has 0 spiro atoms. The number of benzene rings is 3. The lowest BCUT2D eigenvalue weighted by Gasteiger charge is -2.32. The summed E-state index contributed by atoms with van der Waals surface area (Å²) in [6.45, 7) is 7.05. The topological polar surface area (TPSA) is 86.8 Å². The molecule has 0 aliphatic carbocycles. The highest BCUT2D eigenvalue weighted by atomic mass is 79.9. The third-order valence-electron chi connectivity index (χ3n) is 6.42. The lowest BCUT2D eigenvalue weighted by molar-refractivity contribution is -0.139. The number of carbonyl (C=O) groups excluding carboxylic acids is 2. The van der Waals surface area contributed by atoms with Crippen molar-refractivity contribution in [3.63, 3.8) is 0 Å². The fourth-order valence-electron chi connectivity index (χ4n) is 3.83. The van der Waals surface area contributed by atoms with Gasteiger partial charge in [-0.1, -0.05) is 74.7 Å². The maximum absolute atomic E-state index is 13.9. The summed E-state index contributed by atoms with van der Waals surface area (Å²) in [6, 6.07) is 19.8. The summed E-state index contributed by atoms with van der Waals surface area (Å²) < 4.78 is 30.4. The number of carbonyl (C=O) groups is 2. The Morgan fingerprint density at radius 2 is 1.56 bits per heavy atom. The van der Waals surface area contributed by atoms with Gasteiger partial charge in [0, 0.05) is 21.5 Å². The summed E-state index contributed by atoms with van der Waals surface area (Å²) in [5.41, 5.74) is 2.06. The molecule has 0 unspecified atom stereocenters. The molecule has 39 heavy (non-hydrogen) atoms. The van der Waals surface area contributed by atoms with E-state index in [1.54, 1.807) is 43.3 Å². The average Bonchev–Trinajstić information content (AvgIpc) is 2.90. The molecule has 1 N–H and O–H groups in total. The third kappa shape index (κ3) is 8.16.